The first-order chi connectivity index (χ1) is 9.13. The number of nitrogens with zero attached hydrogens (tertiary/aromatic N) is 1. The van der Waals surface area contributed by atoms with E-state index in [0.717, 1.165) is 51.2 Å². The van der Waals surface area contributed by atoms with Crippen LogP contribution in [0.25, 0.3) is 0 Å². The van der Waals surface area contributed by atoms with Gasteiger partial charge in [-0.2, -0.15) is 0 Å². The number of ether oxygens (including phenoxy) is 1. The van der Waals surface area contributed by atoms with Crippen LogP contribution in [-0.4, -0.2) is 50.3 Å². The van der Waals surface area contributed by atoms with Gasteiger partial charge in [0.25, 0.3) is 0 Å². The third-order valence-electron chi connectivity index (χ3n) is 3.96. The molecule has 1 saturated heterocycles. The van der Waals surface area contributed by atoms with E-state index in [1.807, 2.05) is 0 Å². The number of nitrogens with one attached hydrogen (secondary N) is 1. The average Bonchev–Trinajstić information content (AvgIpc) is 2.38. The zero-order chi connectivity index (χ0) is 14.1. The third kappa shape index (κ3) is 7.28. The SMILES string of the molecule is CCCC(C)CNCC(CC(C)C)N1CCOCC1. The van der Waals surface area contributed by atoms with Crippen LogP contribution in [0.4, 0.5) is 0 Å². The Morgan fingerprint density at radius 1 is 1.11 bits per heavy atom. The lowest BCUT2D eigenvalue weighted by Crippen LogP contribution is -2.48. The topological polar surface area (TPSA) is 24.5 Å². The molecule has 0 aliphatic carbocycles. The van der Waals surface area contributed by atoms with Crippen LogP contribution < -0.4 is 5.32 Å². The number of rotatable bonds is 9. The molecule has 0 radical (unpaired) electrons. The highest BCUT2D eigenvalue weighted by atomic mass is 16.5. The zero-order valence-electron chi connectivity index (χ0n) is 13.5. The summed E-state index contributed by atoms with van der Waals surface area (Å²) in [6, 6.07) is 0.678. The van der Waals surface area contributed by atoms with E-state index in [9.17, 15) is 0 Å². The maximum absolute atomic E-state index is 5.47. The predicted octanol–water partition coefficient (Wildman–Crippen LogP) is 2.76. The molecule has 2 unspecified atom stereocenters. The summed E-state index contributed by atoms with van der Waals surface area (Å²) in [5.74, 6) is 1.57. The average molecular weight is 270 g/mol. The fourth-order valence-electron chi connectivity index (χ4n) is 2.94. The standard InChI is InChI=1S/C16H34N2O/c1-5-6-15(4)12-17-13-16(11-14(2)3)18-7-9-19-10-8-18/h14-17H,5-13H2,1-4H3. The second-order valence-electron chi connectivity index (χ2n) is 6.48. The Balaban J connectivity index is 2.32. The first-order valence-corrected chi connectivity index (χ1v) is 8.16. The Labute approximate surface area is 120 Å². The third-order valence-corrected chi connectivity index (χ3v) is 3.96. The van der Waals surface area contributed by atoms with Crippen LogP contribution >= 0.6 is 0 Å². The van der Waals surface area contributed by atoms with Gasteiger partial charge in [0.2, 0.25) is 0 Å². The first-order valence-electron chi connectivity index (χ1n) is 8.16. The molecule has 1 rings (SSSR count). The zero-order valence-corrected chi connectivity index (χ0v) is 13.5. The van der Waals surface area contributed by atoms with Gasteiger partial charge in [0.1, 0.15) is 0 Å². The monoisotopic (exact) mass is 270 g/mol. The van der Waals surface area contributed by atoms with Crippen LogP contribution in [-0.2, 0) is 4.74 Å². The van der Waals surface area contributed by atoms with Gasteiger partial charge >= 0.3 is 0 Å². The smallest absolute Gasteiger partial charge is 0.0594 e. The van der Waals surface area contributed by atoms with Crippen molar-refractivity contribution in [3.63, 3.8) is 0 Å². The maximum Gasteiger partial charge on any atom is 0.0594 e. The van der Waals surface area contributed by atoms with Gasteiger partial charge in [0.05, 0.1) is 13.2 Å². The summed E-state index contributed by atoms with van der Waals surface area (Å²) in [7, 11) is 0. The molecule has 114 valence electrons. The van der Waals surface area contributed by atoms with Crippen LogP contribution in [0.1, 0.15) is 47.0 Å². The van der Waals surface area contributed by atoms with Crippen molar-refractivity contribution in [2.45, 2.75) is 53.0 Å². The molecule has 2 atom stereocenters. The quantitative estimate of drug-likeness (QED) is 0.697. The molecule has 1 N–H and O–H groups in total. The van der Waals surface area contributed by atoms with Crippen LogP contribution in [0.15, 0.2) is 0 Å². The van der Waals surface area contributed by atoms with Gasteiger partial charge in [-0.3, -0.25) is 4.90 Å². The van der Waals surface area contributed by atoms with Gasteiger partial charge in [0, 0.05) is 25.7 Å². The van der Waals surface area contributed by atoms with Crippen LogP contribution in [0, 0.1) is 11.8 Å². The van der Waals surface area contributed by atoms with Gasteiger partial charge in [-0.1, -0.05) is 34.1 Å². The largest absolute Gasteiger partial charge is 0.379 e. The Hall–Kier alpha value is -0.120. The van der Waals surface area contributed by atoms with E-state index in [-0.39, 0.29) is 0 Å². The molecule has 0 bridgehead atoms. The van der Waals surface area contributed by atoms with Crippen molar-refractivity contribution in [3.05, 3.63) is 0 Å². The minimum Gasteiger partial charge on any atom is -0.379 e. The highest BCUT2D eigenvalue weighted by Crippen LogP contribution is 2.13. The summed E-state index contributed by atoms with van der Waals surface area (Å²) < 4.78 is 5.47. The van der Waals surface area contributed by atoms with E-state index in [1.54, 1.807) is 0 Å². The minimum atomic E-state index is 0.678. The van der Waals surface area contributed by atoms with Gasteiger partial charge in [-0.15, -0.1) is 0 Å². The normalized spacial score (nSPS) is 20.7. The van der Waals surface area contributed by atoms with Crippen molar-refractivity contribution >= 4 is 0 Å². The lowest BCUT2D eigenvalue weighted by molar-refractivity contribution is 0.0122. The molecule has 0 aromatic rings. The van der Waals surface area contributed by atoms with Gasteiger partial charge in [-0.25, -0.2) is 0 Å². The number of hydrogen-bond donors (Lipinski definition) is 1. The summed E-state index contributed by atoms with van der Waals surface area (Å²) in [6.45, 7) is 15.6. The van der Waals surface area contributed by atoms with E-state index in [4.69, 9.17) is 4.74 Å². The summed E-state index contributed by atoms with van der Waals surface area (Å²) >= 11 is 0. The van der Waals surface area contributed by atoms with Crippen molar-refractivity contribution in [2.75, 3.05) is 39.4 Å². The Kier molecular flexibility index (Phi) is 8.67. The van der Waals surface area contributed by atoms with Crippen molar-refractivity contribution < 1.29 is 4.74 Å². The van der Waals surface area contributed by atoms with Gasteiger partial charge in [0.15, 0.2) is 0 Å². The molecular formula is C16H34N2O. The van der Waals surface area contributed by atoms with Crippen LogP contribution in [0.2, 0.25) is 0 Å². The van der Waals surface area contributed by atoms with E-state index in [0.29, 0.717) is 6.04 Å². The highest BCUT2D eigenvalue weighted by Gasteiger charge is 2.21. The second-order valence-corrected chi connectivity index (χ2v) is 6.48. The van der Waals surface area contributed by atoms with E-state index in [2.05, 4.69) is 37.9 Å². The fraction of sp³-hybridized carbons (Fsp3) is 1.00. The molecule has 0 aromatic heterocycles. The Bertz CT molecular complexity index is 215. The molecule has 0 saturated carbocycles. The molecule has 1 aliphatic rings. The molecule has 3 nitrogen and oxygen atoms in total. The molecular weight excluding hydrogens is 236 g/mol. The van der Waals surface area contributed by atoms with Crippen molar-refractivity contribution in [1.29, 1.82) is 0 Å². The van der Waals surface area contributed by atoms with Crippen LogP contribution in [0.3, 0.4) is 0 Å². The van der Waals surface area contributed by atoms with Crippen molar-refractivity contribution in [2.24, 2.45) is 11.8 Å². The lowest BCUT2D eigenvalue weighted by Gasteiger charge is -2.35. The molecule has 0 spiro atoms. The predicted molar refractivity (Wildman–Crippen MR) is 82.6 cm³/mol. The lowest BCUT2D eigenvalue weighted by atomic mass is 10.0. The highest BCUT2D eigenvalue weighted by molar-refractivity contribution is 4.77. The van der Waals surface area contributed by atoms with E-state index in [1.165, 1.54) is 19.3 Å². The molecule has 3 heteroatoms. The minimum absolute atomic E-state index is 0.678. The molecule has 1 heterocycles. The number of hydrogen-bond acceptors (Lipinski definition) is 3. The van der Waals surface area contributed by atoms with E-state index >= 15 is 0 Å². The van der Waals surface area contributed by atoms with Gasteiger partial charge < -0.3 is 10.1 Å². The maximum atomic E-state index is 5.47. The summed E-state index contributed by atoms with van der Waals surface area (Å²) in [6.07, 6.45) is 3.91. The first kappa shape index (κ1) is 16.9. The molecule has 1 fully saturated rings. The molecule has 0 amide bonds. The Morgan fingerprint density at radius 2 is 1.79 bits per heavy atom. The van der Waals surface area contributed by atoms with Crippen molar-refractivity contribution in [1.82, 2.24) is 10.2 Å². The van der Waals surface area contributed by atoms with Gasteiger partial charge in [-0.05, 0) is 31.2 Å². The number of morpholine rings is 1. The second kappa shape index (κ2) is 9.73. The summed E-state index contributed by atoms with van der Waals surface area (Å²) in [4.78, 5) is 2.61. The van der Waals surface area contributed by atoms with Crippen LogP contribution in [0.5, 0.6) is 0 Å². The molecule has 19 heavy (non-hydrogen) atoms. The van der Waals surface area contributed by atoms with Crippen molar-refractivity contribution in [3.8, 4) is 0 Å². The molecule has 1 aliphatic heterocycles. The Morgan fingerprint density at radius 3 is 2.37 bits per heavy atom. The fourth-order valence-corrected chi connectivity index (χ4v) is 2.94. The summed E-state index contributed by atoms with van der Waals surface area (Å²) in [5, 5.41) is 3.69. The molecule has 0 aromatic carbocycles. The van der Waals surface area contributed by atoms with E-state index < -0.39 is 0 Å². The summed E-state index contributed by atoms with van der Waals surface area (Å²) in [5.41, 5.74) is 0.